The molecule has 0 spiro atoms. The van der Waals surface area contributed by atoms with Gasteiger partial charge in [-0.1, -0.05) is 109 Å². The highest BCUT2D eigenvalue weighted by Crippen LogP contribution is 2.27. The van der Waals surface area contributed by atoms with Gasteiger partial charge < -0.3 is 66.4 Å². The molecule has 0 radical (unpaired) electrons. The molecule has 0 bridgehead atoms. The zero-order valence-electron chi connectivity index (χ0n) is 58.3. The number of allylic oxidation sites excluding steroid dienone is 2. The van der Waals surface area contributed by atoms with Crippen LogP contribution in [0.2, 0.25) is 0 Å². The van der Waals surface area contributed by atoms with E-state index in [9.17, 15) is 38.7 Å². The number of hydrogen-bond acceptors (Lipinski definition) is 14. The molecule has 0 aliphatic carbocycles. The topological polar surface area (TPSA) is 305 Å². The Bertz CT molecular complexity index is 2420. The molecule has 1 fully saturated rings. The Hall–Kier alpha value is -5.82. The van der Waals surface area contributed by atoms with Crippen LogP contribution in [0.3, 0.4) is 0 Å². The van der Waals surface area contributed by atoms with Crippen molar-refractivity contribution in [3.8, 4) is 0 Å². The van der Waals surface area contributed by atoms with E-state index in [1.54, 1.807) is 60.6 Å². The fourth-order valence-corrected chi connectivity index (χ4v) is 12.1. The SMILES string of the molecule is C/C=C/C[C@@H](C)[C@@H](O)C1C(=O)N[C@@H](CC)C(=O)N(C)C(SCCN)C(=O)N(C)[C@@H](CC(C)C)C(=O)N[C@@H](C(C)C)C(=O)N(C)C(CC(C)C)C(=O)N[C@@H](C)C(=O)N[C@H](C)C(=O)N(C)[C@@H](CC(C)C)C(=O)N(C)[C@@H](CC(C)C)C(=O)N(C)[C@H](C(C)C)C(=O)N1C. The maximum Gasteiger partial charge on any atom is 0.256 e. The summed E-state index contributed by atoms with van der Waals surface area (Å²) in [6.07, 6.45) is 2.91. The van der Waals surface area contributed by atoms with Gasteiger partial charge in [-0.3, -0.25) is 52.7 Å². The summed E-state index contributed by atoms with van der Waals surface area (Å²) >= 11 is 1.04. The summed E-state index contributed by atoms with van der Waals surface area (Å²) in [5.74, 6) is -9.79. The van der Waals surface area contributed by atoms with Gasteiger partial charge in [-0.15, -0.1) is 11.8 Å². The Morgan fingerprint density at radius 3 is 1.33 bits per heavy atom. The normalized spacial score (nSPS) is 27.1. The van der Waals surface area contributed by atoms with Crippen LogP contribution in [0.1, 0.15) is 156 Å². The number of thioether (sulfide) groups is 1. The molecule has 13 atom stereocenters. The highest BCUT2D eigenvalue weighted by molar-refractivity contribution is 8.00. The van der Waals surface area contributed by atoms with E-state index in [1.807, 2.05) is 55.4 Å². The fraction of sp³-hybridized carbons (Fsp3) is 0.797. The van der Waals surface area contributed by atoms with Crippen molar-refractivity contribution in [3.05, 3.63) is 12.2 Å². The largest absolute Gasteiger partial charge is 0.390 e. The third-order valence-corrected chi connectivity index (χ3v) is 17.9. The van der Waals surface area contributed by atoms with Crippen LogP contribution in [-0.4, -0.2) is 238 Å². The zero-order valence-corrected chi connectivity index (χ0v) is 59.2. The number of nitrogens with zero attached hydrogens (tertiary/aromatic N) is 7. The fourth-order valence-electron chi connectivity index (χ4n) is 11.1. The van der Waals surface area contributed by atoms with Crippen LogP contribution >= 0.6 is 11.8 Å². The first-order valence-corrected chi connectivity index (χ1v) is 32.9. The van der Waals surface area contributed by atoms with Crippen molar-refractivity contribution in [2.75, 3.05) is 61.6 Å². The van der Waals surface area contributed by atoms with E-state index >= 15 is 19.2 Å². The van der Waals surface area contributed by atoms with E-state index in [2.05, 4.69) is 21.3 Å². The van der Waals surface area contributed by atoms with Crippen molar-refractivity contribution in [1.29, 1.82) is 0 Å². The molecule has 7 N–H and O–H groups in total. The molecule has 0 saturated carbocycles. The van der Waals surface area contributed by atoms with Gasteiger partial charge in [-0.05, 0) is 101 Å². The van der Waals surface area contributed by atoms with Crippen LogP contribution < -0.4 is 27.0 Å². The number of carbonyl (C=O) groups excluding carboxylic acids is 11. The van der Waals surface area contributed by atoms with E-state index in [0.717, 1.165) is 16.7 Å². The first kappa shape index (κ1) is 81.2. The van der Waals surface area contributed by atoms with Crippen molar-refractivity contribution in [3.63, 3.8) is 0 Å². The molecule has 1 rings (SSSR count). The van der Waals surface area contributed by atoms with Crippen molar-refractivity contribution >= 4 is 76.7 Å². The summed E-state index contributed by atoms with van der Waals surface area (Å²) in [6, 6.07) is -12.6. The second kappa shape index (κ2) is 37.5. The third kappa shape index (κ3) is 22.8. The average molecular weight is 1280 g/mol. The highest BCUT2D eigenvalue weighted by Gasteiger charge is 2.46. The van der Waals surface area contributed by atoms with Crippen LogP contribution in [0.25, 0.3) is 0 Å². The first-order valence-electron chi connectivity index (χ1n) is 31.9. The second-order valence-corrected chi connectivity index (χ2v) is 28.0. The minimum Gasteiger partial charge on any atom is -0.390 e. The maximum absolute atomic E-state index is 15.3. The Kier molecular flexibility index (Phi) is 34.2. The molecule has 510 valence electrons. The second-order valence-electron chi connectivity index (χ2n) is 26.8. The van der Waals surface area contributed by atoms with Crippen LogP contribution in [-0.2, 0) is 52.7 Å². The lowest BCUT2D eigenvalue weighted by molar-refractivity contribution is -0.157. The molecule has 0 aromatic carbocycles. The van der Waals surface area contributed by atoms with Crippen molar-refractivity contribution in [1.82, 2.24) is 55.6 Å². The summed E-state index contributed by atoms with van der Waals surface area (Å²) < 4.78 is 0. The van der Waals surface area contributed by atoms with E-state index in [0.29, 0.717) is 6.42 Å². The zero-order chi connectivity index (χ0) is 69.0. The molecule has 1 saturated heterocycles. The molecule has 25 heteroatoms. The Balaban J connectivity index is 4.48. The van der Waals surface area contributed by atoms with Crippen LogP contribution in [0, 0.1) is 41.4 Å². The summed E-state index contributed by atoms with van der Waals surface area (Å²) in [5.41, 5.74) is 5.99. The van der Waals surface area contributed by atoms with Crippen molar-refractivity contribution in [2.24, 2.45) is 47.2 Å². The molecule has 1 aliphatic rings. The standard InChI is InChI=1S/C64H116N12O12S/c1-25-27-28-41(15)52(77)51-56(81)68-44(26-2)58(83)76(24)64(89-30-29-65)63(88)71(19)46(32-36(5)6)55(80)69-49(39(11)12)61(86)70(18)45(31-35(3)4)54(79)66-42(16)53(78)67-43(17)57(82)72(20)47(33-37(7)8)59(84)73(21)48(34-38(9)10)60(85)74(22)50(40(13)14)62(87)75(51)23/h25,27,35-52,64,77H,26,28-34,65H2,1-24H3,(H,66,79)(H,67,78)(H,68,81)(H,69,80)/b27-25+/t41-,42+,43-,44+,45?,46+,47+,48+,49+,50-,51?,52-,64?/m1/s1. The monoisotopic (exact) mass is 1280 g/mol. The number of nitrogens with one attached hydrogen (secondary N) is 4. The molecule has 0 aromatic rings. The number of rotatable bonds is 18. The molecular formula is C64H116N12O12S. The number of aliphatic hydroxyl groups excluding tert-OH is 1. The predicted octanol–water partition coefficient (Wildman–Crippen LogP) is 3.29. The Morgan fingerprint density at radius 1 is 0.472 bits per heavy atom. The third-order valence-electron chi connectivity index (χ3n) is 16.6. The minimum atomic E-state index is -1.64. The van der Waals surface area contributed by atoms with Crippen LogP contribution in [0.15, 0.2) is 12.2 Å². The molecule has 11 amide bonds. The predicted molar refractivity (Wildman–Crippen MR) is 349 cm³/mol. The lowest BCUT2D eigenvalue weighted by Gasteiger charge is -2.41. The van der Waals surface area contributed by atoms with E-state index in [-0.39, 0.29) is 68.1 Å². The molecule has 1 heterocycles. The average Bonchev–Trinajstić information content (AvgIpc) is 2.43. The number of likely N-dealkylation sites (N-methyl/N-ethyl adjacent to an activating group) is 7. The van der Waals surface area contributed by atoms with Gasteiger partial charge >= 0.3 is 0 Å². The lowest BCUT2D eigenvalue weighted by atomic mass is 9.91. The smallest absolute Gasteiger partial charge is 0.256 e. The van der Waals surface area contributed by atoms with Gasteiger partial charge in [0.15, 0.2) is 5.37 Å². The molecular weight excluding hydrogens is 1160 g/mol. The van der Waals surface area contributed by atoms with Crippen LogP contribution in [0.4, 0.5) is 0 Å². The summed E-state index contributed by atoms with van der Waals surface area (Å²) in [6.45, 7) is 30.0. The van der Waals surface area contributed by atoms with Gasteiger partial charge in [-0.2, -0.15) is 0 Å². The van der Waals surface area contributed by atoms with Crippen LogP contribution in [0.5, 0.6) is 0 Å². The number of amides is 11. The molecule has 24 nitrogen and oxygen atoms in total. The first-order chi connectivity index (χ1) is 41.2. The quantitative estimate of drug-likeness (QED) is 0.107. The Morgan fingerprint density at radius 2 is 0.888 bits per heavy atom. The summed E-state index contributed by atoms with van der Waals surface area (Å²) in [5, 5.41) is 22.0. The van der Waals surface area contributed by atoms with Gasteiger partial charge in [0.2, 0.25) is 59.1 Å². The molecule has 3 unspecified atom stereocenters. The highest BCUT2D eigenvalue weighted by atomic mass is 32.2. The molecule has 0 aromatic heterocycles. The number of hydrogen-bond donors (Lipinski definition) is 6. The van der Waals surface area contributed by atoms with Gasteiger partial charge in [0, 0.05) is 61.6 Å². The number of nitrogens with two attached hydrogens (primary N) is 1. The Labute approximate surface area is 537 Å². The number of carbonyl (C=O) groups is 11. The van der Waals surface area contributed by atoms with E-state index < -0.39 is 155 Å². The van der Waals surface area contributed by atoms with Gasteiger partial charge in [-0.25, -0.2) is 0 Å². The van der Waals surface area contributed by atoms with E-state index in [4.69, 9.17) is 5.73 Å². The lowest BCUT2D eigenvalue weighted by Crippen LogP contribution is -2.64. The van der Waals surface area contributed by atoms with Gasteiger partial charge in [0.25, 0.3) is 5.91 Å². The maximum atomic E-state index is 15.3. The minimum absolute atomic E-state index is 0.0106. The molecule has 1 aliphatic heterocycles. The van der Waals surface area contributed by atoms with Gasteiger partial charge in [0.05, 0.1) is 6.10 Å². The van der Waals surface area contributed by atoms with Crippen molar-refractivity contribution in [2.45, 2.75) is 228 Å². The number of aliphatic hydroxyl groups is 1. The molecule has 89 heavy (non-hydrogen) atoms. The van der Waals surface area contributed by atoms with Crippen molar-refractivity contribution < 1.29 is 57.8 Å². The summed E-state index contributed by atoms with van der Waals surface area (Å²) in [7, 11) is 9.94. The summed E-state index contributed by atoms with van der Waals surface area (Å²) in [4.78, 5) is 171. The van der Waals surface area contributed by atoms with Gasteiger partial charge in [0.1, 0.15) is 60.4 Å². The van der Waals surface area contributed by atoms with E-state index in [1.165, 1.54) is 92.6 Å².